The van der Waals surface area contributed by atoms with Crippen LogP contribution in [0.4, 0.5) is 4.39 Å². The van der Waals surface area contributed by atoms with E-state index in [0.717, 1.165) is 61.7 Å². The third-order valence-electron chi connectivity index (χ3n) is 10.3. The Morgan fingerprint density at radius 1 is 0.895 bits per heavy atom. The fourth-order valence-electron chi connectivity index (χ4n) is 7.98. The third-order valence-corrected chi connectivity index (χ3v) is 10.3. The monoisotopic (exact) mass is 524 g/mol. The molecule has 4 unspecified atom stereocenters. The molecule has 0 spiro atoms. The first kappa shape index (κ1) is 29.3. The van der Waals surface area contributed by atoms with E-state index in [1.807, 2.05) is 19.1 Å². The molecule has 3 aliphatic carbocycles. The molecule has 1 aromatic rings. The molecule has 3 aliphatic rings. The Bertz CT molecular complexity index is 884. The van der Waals surface area contributed by atoms with E-state index in [0.29, 0.717) is 17.7 Å². The molecule has 0 saturated heterocycles. The topological polar surface area (TPSA) is 26.3 Å². The maximum Gasteiger partial charge on any atom is 0.314 e. The highest BCUT2D eigenvalue weighted by atomic mass is 19.1. The van der Waals surface area contributed by atoms with E-state index in [9.17, 15) is 9.18 Å². The van der Waals surface area contributed by atoms with Crippen molar-refractivity contribution in [3.8, 4) is 5.75 Å². The summed E-state index contributed by atoms with van der Waals surface area (Å²) in [6.45, 7) is 4.27. The first-order chi connectivity index (χ1) is 18.6. The molecule has 0 bridgehead atoms. The SMILES string of the molecule is C/C=C/CCc1ccc(OC(=O)C2CCC(C3CCC4CC(CCCCCCC)CCC4C3)CC2)cc1F. The lowest BCUT2D eigenvalue weighted by Gasteiger charge is -2.45. The number of hydrogen-bond donors (Lipinski definition) is 0. The van der Waals surface area contributed by atoms with Crippen molar-refractivity contribution in [3.05, 3.63) is 41.7 Å². The predicted molar refractivity (Wildman–Crippen MR) is 156 cm³/mol. The highest BCUT2D eigenvalue weighted by molar-refractivity contribution is 5.75. The second kappa shape index (κ2) is 15.2. The second-order valence-electron chi connectivity index (χ2n) is 12.9. The molecule has 0 aliphatic heterocycles. The Hall–Kier alpha value is -1.64. The zero-order valence-corrected chi connectivity index (χ0v) is 24.3. The maximum atomic E-state index is 14.4. The molecule has 3 heteroatoms. The minimum atomic E-state index is -0.278. The van der Waals surface area contributed by atoms with Crippen LogP contribution in [0.5, 0.6) is 5.75 Å². The van der Waals surface area contributed by atoms with Crippen LogP contribution in [0.1, 0.15) is 129 Å². The molecule has 0 aromatic heterocycles. The highest BCUT2D eigenvalue weighted by Crippen LogP contribution is 2.49. The van der Waals surface area contributed by atoms with Gasteiger partial charge in [-0.05, 0) is 119 Å². The quantitative estimate of drug-likeness (QED) is 0.118. The number of allylic oxidation sites excluding steroid dienone is 2. The van der Waals surface area contributed by atoms with Crippen LogP contribution in [-0.2, 0) is 11.2 Å². The fourth-order valence-corrected chi connectivity index (χ4v) is 7.98. The van der Waals surface area contributed by atoms with Crippen molar-refractivity contribution >= 4 is 5.97 Å². The number of esters is 1. The molecule has 2 nitrogen and oxygen atoms in total. The summed E-state index contributed by atoms with van der Waals surface area (Å²) in [4.78, 5) is 12.8. The van der Waals surface area contributed by atoms with Gasteiger partial charge in [0.05, 0.1) is 5.92 Å². The van der Waals surface area contributed by atoms with Crippen LogP contribution in [-0.4, -0.2) is 5.97 Å². The van der Waals surface area contributed by atoms with Crippen LogP contribution in [0.3, 0.4) is 0 Å². The van der Waals surface area contributed by atoms with Crippen molar-refractivity contribution in [1.29, 1.82) is 0 Å². The Morgan fingerprint density at radius 2 is 1.58 bits per heavy atom. The largest absolute Gasteiger partial charge is 0.426 e. The van der Waals surface area contributed by atoms with Gasteiger partial charge in [0.25, 0.3) is 0 Å². The smallest absolute Gasteiger partial charge is 0.314 e. The van der Waals surface area contributed by atoms with Gasteiger partial charge in [-0.1, -0.05) is 70.1 Å². The average molecular weight is 525 g/mol. The van der Waals surface area contributed by atoms with Crippen LogP contribution in [0, 0.1) is 41.3 Å². The molecule has 0 radical (unpaired) electrons. The number of benzene rings is 1. The minimum absolute atomic E-state index is 0.0345. The van der Waals surface area contributed by atoms with Gasteiger partial charge >= 0.3 is 5.97 Å². The summed E-state index contributed by atoms with van der Waals surface area (Å²) in [5.41, 5.74) is 0.675. The number of carbonyl (C=O) groups excluding carboxylic acids is 1. The first-order valence-corrected chi connectivity index (χ1v) is 16.2. The van der Waals surface area contributed by atoms with Gasteiger partial charge in [0.15, 0.2) is 0 Å². The molecule has 0 amide bonds. The summed E-state index contributed by atoms with van der Waals surface area (Å²) in [6, 6.07) is 4.89. The number of aryl methyl sites for hydroxylation is 1. The van der Waals surface area contributed by atoms with Gasteiger partial charge in [0.2, 0.25) is 0 Å². The molecule has 38 heavy (non-hydrogen) atoms. The van der Waals surface area contributed by atoms with Crippen molar-refractivity contribution < 1.29 is 13.9 Å². The lowest BCUT2D eigenvalue weighted by Crippen LogP contribution is -2.35. The van der Waals surface area contributed by atoms with Gasteiger partial charge in [-0.3, -0.25) is 4.79 Å². The van der Waals surface area contributed by atoms with E-state index >= 15 is 0 Å². The highest BCUT2D eigenvalue weighted by Gasteiger charge is 2.39. The Balaban J connectivity index is 1.16. The Labute approximate surface area is 232 Å². The summed E-state index contributed by atoms with van der Waals surface area (Å²) in [5, 5.41) is 0. The second-order valence-corrected chi connectivity index (χ2v) is 12.9. The molecule has 3 fully saturated rings. The normalized spacial score (nSPS) is 29.8. The predicted octanol–water partition coefficient (Wildman–Crippen LogP) is 10.2. The molecule has 1 aromatic carbocycles. The molecule has 0 N–H and O–H groups in total. The summed E-state index contributed by atoms with van der Waals surface area (Å²) in [6.07, 6.45) is 26.9. The number of halogens is 1. The average Bonchev–Trinajstić information content (AvgIpc) is 2.94. The molecule has 3 saturated carbocycles. The van der Waals surface area contributed by atoms with Gasteiger partial charge in [-0.25, -0.2) is 4.39 Å². The van der Waals surface area contributed by atoms with Crippen molar-refractivity contribution in [1.82, 2.24) is 0 Å². The van der Waals surface area contributed by atoms with E-state index in [-0.39, 0.29) is 17.7 Å². The lowest BCUT2D eigenvalue weighted by molar-refractivity contribution is -0.140. The van der Waals surface area contributed by atoms with Crippen molar-refractivity contribution in [3.63, 3.8) is 0 Å². The van der Waals surface area contributed by atoms with E-state index in [1.54, 1.807) is 12.1 Å². The Morgan fingerprint density at radius 3 is 2.32 bits per heavy atom. The molecule has 0 heterocycles. The summed E-state index contributed by atoms with van der Waals surface area (Å²) in [7, 11) is 0. The number of rotatable bonds is 12. The van der Waals surface area contributed by atoms with Crippen LogP contribution >= 0.6 is 0 Å². The first-order valence-electron chi connectivity index (χ1n) is 16.2. The van der Waals surface area contributed by atoms with E-state index in [4.69, 9.17) is 4.74 Å². The summed E-state index contributed by atoms with van der Waals surface area (Å²) in [5.74, 6) is 4.46. The zero-order chi connectivity index (χ0) is 26.7. The number of ether oxygens (including phenoxy) is 1. The third kappa shape index (κ3) is 8.43. The van der Waals surface area contributed by atoms with Crippen LogP contribution in [0.15, 0.2) is 30.4 Å². The van der Waals surface area contributed by atoms with Crippen LogP contribution in [0.2, 0.25) is 0 Å². The van der Waals surface area contributed by atoms with Gasteiger partial charge in [0.1, 0.15) is 11.6 Å². The molecule has 212 valence electrons. The van der Waals surface area contributed by atoms with E-state index in [2.05, 4.69) is 6.92 Å². The zero-order valence-electron chi connectivity index (χ0n) is 24.3. The van der Waals surface area contributed by atoms with Gasteiger partial charge in [-0.15, -0.1) is 0 Å². The van der Waals surface area contributed by atoms with E-state index in [1.165, 1.54) is 83.1 Å². The number of carbonyl (C=O) groups is 1. The standard InChI is InChI=1S/C35H53FO2/c1-3-5-7-8-10-11-26-13-14-32-24-31(20-19-30(32)23-26)27-15-17-29(18-16-27)35(37)38-33-22-21-28(34(36)25-33)12-9-6-4-2/h4,6,21-22,25-27,29-32H,3,5,7-20,23-24H2,1-2H3/b6-4+. The van der Waals surface area contributed by atoms with Crippen LogP contribution < -0.4 is 4.74 Å². The Kier molecular flexibility index (Phi) is 11.8. The number of unbranched alkanes of at least 4 members (excludes halogenated alkanes) is 4. The summed E-state index contributed by atoms with van der Waals surface area (Å²) >= 11 is 0. The number of hydrogen-bond acceptors (Lipinski definition) is 2. The van der Waals surface area contributed by atoms with E-state index < -0.39 is 0 Å². The molecule has 4 rings (SSSR count). The summed E-state index contributed by atoms with van der Waals surface area (Å²) < 4.78 is 20.1. The minimum Gasteiger partial charge on any atom is -0.426 e. The van der Waals surface area contributed by atoms with Crippen LogP contribution in [0.25, 0.3) is 0 Å². The molecular weight excluding hydrogens is 471 g/mol. The fraction of sp³-hybridized carbons (Fsp3) is 0.743. The maximum absolute atomic E-state index is 14.4. The van der Waals surface area contributed by atoms with Gasteiger partial charge in [0, 0.05) is 6.07 Å². The van der Waals surface area contributed by atoms with Crippen molar-refractivity contribution in [2.24, 2.45) is 35.5 Å². The van der Waals surface area contributed by atoms with Crippen molar-refractivity contribution in [2.75, 3.05) is 0 Å². The van der Waals surface area contributed by atoms with Gasteiger partial charge < -0.3 is 4.74 Å². The number of fused-ring (bicyclic) bond motifs is 1. The molecule has 4 atom stereocenters. The van der Waals surface area contributed by atoms with Crippen molar-refractivity contribution in [2.45, 2.75) is 129 Å². The lowest BCUT2D eigenvalue weighted by atomic mass is 9.60. The van der Waals surface area contributed by atoms with Gasteiger partial charge in [-0.2, -0.15) is 0 Å². The molecular formula is C35H53FO2.